The molecule has 0 saturated heterocycles. The number of allylic oxidation sites excluding steroid dienone is 4. The zero-order chi connectivity index (χ0) is 25.7. The third kappa shape index (κ3) is 3.98. The van der Waals surface area contributed by atoms with Gasteiger partial charge in [-0.2, -0.15) is 0 Å². The van der Waals surface area contributed by atoms with Crippen LogP contribution >= 0.6 is 0 Å². The molecular weight excluding hydrogens is 456 g/mol. The van der Waals surface area contributed by atoms with E-state index in [9.17, 15) is 14.4 Å². The number of carbonyl (C=O) groups excluding carboxylic acids is 3. The molecule has 2 fully saturated rings. The Hall–Kier alpha value is -3.22. The molecule has 4 aliphatic rings. The van der Waals surface area contributed by atoms with Crippen molar-refractivity contribution in [1.82, 2.24) is 0 Å². The van der Waals surface area contributed by atoms with E-state index in [4.69, 9.17) is 9.94 Å². The lowest BCUT2D eigenvalue weighted by molar-refractivity contribution is -0.134. The molecule has 2 saturated carbocycles. The monoisotopic (exact) mass is 490 g/mol. The average Bonchev–Trinajstić information content (AvgIpc) is 3.16. The van der Waals surface area contributed by atoms with E-state index < -0.39 is 12.2 Å². The maximum Gasteiger partial charge on any atom is 0.411 e. The normalized spacial score (nSPS) is 37.0. The molecule has 2 N–H and O–H groups in total. The first-order chi connectivity index (χ1) is 17.2. The van der Waals surface area contributed by atoms with Gasteiger partial charge in [0.1, 0.15) is 11.9 Å². The summed E-state index contributed by atoms with van der Waals surface area (Å²) in [6.45, 7) is 6.09. The quantitative estimate of drug-likeness (QED) is 0.328. The van der Waals surface area contributed by atoms with Crippen LogP contribution in [0.5, 0.6) is 0 Å². The second-order valence-corrected chi connectivity index (χ2v) is 11.4. The molecule has 7 atom stereocenters. The van der Waals surface area contributed by atoms with Gasteiger partial charge in [0, 0.05) is 23.9 Å². The molecule has 1 amide bonds. The molecule has 0 radical (unpaired) electrons. The molecule has 5 rings (SSSR count). The Bertz CT molecular complexity index is 1190. The molecule has 0 unspecified atom stereocenters. The van der Waals surface area contributed by atoms with Gasteiger partial charge in [-0.15, -0.1) is 0 Å². The van der Waals surface area contributed by atoms with Crippen LogP contribution in [0.15, 0.2) is 53.2 Å². The Morgan fingerprint density at radius 1 is 1.25 bits per heavy atom. The molecule has 190 valence electrons. The van der Waals surface area contributed by atoms with Gasteiger partial charge in [0.15, 0.2) is 5.78 Å². The molecular formula is C29H34N2O5. The number of benzene rings is 1. The van der Waals surface area contributed by atoms with Gasteiger partial charge in [0.2, 0.25) is 0 Å². The molecule has 0 aromatic heterocycles. The van der Waals surface area contributed by atoms with Crippen molar-refractivity contribution in [2.75, 3.05) is 5.32 Å². The molecule has 1 aromatic carbocycles. The summed E-state index contributed by atoms with van der Waals surface area (Å²) in [5, 5.41) is 14.7. The van der Waals surface area contributed by atoms with E-state index in [1.165, 1.54) is 6.21 Å². The molecule has 0 spiro atoms. The van der Waals surface area contributed by atoms with Crippen LogP contribution in [0.25, 0.3) is 0 Å². The molecule has 7 nitrogen and oxygen atoms in total. The van der Waals surface area contributed by atoms with Gasteiger partial charge < -0.3 is 9.94 Å². The van der Waals surface area contributed by atoms with Crippen molar-refractivity contribution in [2.24, 2.45) is 39.7 Å². The van der Waals surface area contributed by atoms with Crippen molar-refractivity contribution in [1.29, 1.82) is 0 Å². The minimum absolute atomic E-state index is 0.0317. The summed E-state index contributed by atoms with van der Waals surface area (Å²) < 4.78 is 6.22. The molecule has 0 aliphatic heterocycles. The molecule has 4 aliphatic carbocycles. The lowest BCUT2D eigenvalue weighted by atomic mass is 9.47. The summed E-state index contributed by atoms with van der Waals surface area (Å²) in [7, 11) is 0. The third-order valence-corrected chi connectivity index (χ3v) is 9.52. The summed E-state index contributed by atoms with van der Waals surface area (Å²) in [5.74, 6) is 0.845. The van der Waals surface area contributed by atoms with Gasteiger partial charge in [0.05, 0.1) is 6.21 Å². The molecule has 36 heavy (non-hydrogen) atoms. The third-order valence-electron chi connectivity index (χ3n) is 9.52. The smallest absolute Gasteiger partial charge is 0.411 e. The summed E-state index contributed by atoms with van der Waals surface area (Å²) in [4.78, 5) is 38.1. The number of ether oxygens (including phenoxy) is 1. The van der Waals surface area contributed by atoms with E-state index in [1.54, 1.807) is 37.3 Å². The Morgan fingerprint density at radius 2 is 2.06 bits per heavy atom. The molecule has 1 aromatic rings. The zero-order valence-electron chi connectivity index (χ0n) is 21.1. The maximum absolute atomic E-state index is 13.2. The van der Waals surface area contributed by atoms with Gasteiger partial charge in [-0.05, 0) is 84.6 Å². The van der Waals surface area contributed by atoms with Crippen molar-refractivity contribution in [3.05, 3.63) is 53.6 Å². The van der Waals surface area contributed by atoms with Crippen LogP contribution < -0.4 is 5.32 Å². The second-order valence-electron chi connectivity index (χ2n) is 11.4. The van der Waals surface area contributed by atoms with E-state index in [0.717, 1.165) is 24.8 Å². The highest BCUT2D eigenvalue weighted by Crippen LogP contribution is 2.65. The summed E-state index contributed by atoms with van der Waals surface area (Å²) in [5.41, 5.74) is 1.68. The van der Waals surface area contributed by atoms with Crippen molar-refractivity contribution >= 4 is 29.6 Å². The number of rotatable bonds is 4. The maximum atomic E-state index is 13.2. The van der Waals surface area contributed by atoms with Crippen molar-refractivity contribution < 1.29 is 24.3 Å². The Labute approximate surface area is 211 Å². The Kier molecular flexibility index (Phi) is 6.13. The van der Waals surface area contributed by atoms with Crippen molar-refractivity contribution in [3.63, 3.8) is 0 Å². The van der Waals surface area contributed by atoms with E-state index >= 15 is 0 Å². The highest BCUT2D eigenvalue weighted by molar-refractivity contribution is 5.92. The lowest BCUT2D eigenvalue weighted by Crippen LogP contribution is -2.57. The zero-order valence-corrected chi connectivity index (χ0v) is 21.1. The summed E-state index contributed by atoms with van der Waals surface area (Å²) in [6.07, 6.45) is 10.1. The number of hydrogen-bond acceptors (Lipinski definition) is 6. The number of hydrogen-bond donors (Lipinski definition) is 2. The fourth-order valence-corrected chi connectivity index (χ4v) is 7.92. The van der Waals surface area contributed by atoms with E-state index in [0.29, 0.717) is 30.0 Å². The fourth-order valence-electron chi connectivity index (χ4n) is 7.92. The molecule has 0 heterocycles. The van der Waals surface area contributed by atoms with Crippen LogP contribution in [0.2, 0.25) is 0 Å². The summed E-state index contributed by atoms with van der Waals surface area (Å²) in [6, 6.07) is 6.97. The first-order valence-electron chi connectivity index (χ1n) is 12.8. The van der Waals surface area contributed by atoms with Gasteiger partial charge in [0.25, 0.3) is 0 Å². The number of nitrogens with one attached hydrogen (secondary N) is 1. The van der Waals surface area contributed by atoms with Crippen molar-refractivity contribution in [2.45, 2.75) is 59.0 Å². The fraction of sp³-hybridized carbons (Fsp3) is 0.517. The number of amides is 1. The first kappa shape index (κ1) is 24.5. The predicted octanol–water partition coefficient (Wildman–Crippen LogP) is 5.53. The number of anilines is 1. The number of carbonyl (C=O) groups is 3. The first-order valence-corrected chi connectivity index (χ1v) is 12.8. The van der Waals surface area contributed by atoms with Crippen molar-refractivity contribution in [3.8, 4) is 0 Å². The number of nitrogens with zero attached hydrogens (tertiary/aromatic N) is 1. The number of oxime groups is 1. The Balaban J connectivity index is 1.48. The topological polar surface area (TPSA) is 105 Å². The van der Waals surface area contributed by atoms with E-state index in [1.807, 2.05) is 0 Å². The minimum Gasteiger partial charge on any atom is -0.446 e. The number of ketones is 2. The van der Waals surface area contributed by atoms with Gasteiger partial charge >= 0.3 is 6.09 Å². The number of Topliss-reactive ketones (excluding diaryl/α,β-unsaturated/α-hetero) is 1. The SMILES string of the molecule is CC(=O)[C@H]1CC[C@H]2[C@@H]3C=CC4=CC(=O)CC[C@@]4(C)[C@@H]3[C@@H](OC(=O)Nc3cccc(/C=N/O)c3)C[C@]12C. The van der Waals surface area contributed by atoms with Gasteiger partial charge in [-0.25, -0.2) is 4.79 Å². The van der Waals surface area contributed by atoms with E-state index in [-0.39, 0.29) is 40.2 Å². The van der Waals surface area contributed by atoms with Gasteiger partial charge in [-0.1, -0.05) is 43.3 Å². The van der Waals surface area contributed by atoms with E-state index in [2.05, 4.69) is 36.5 Å². The standard InChI is InChI=1S/C29H34N2O5/c1-17(32)23-9-10-24-22-8-7-19-14-21(33)11-12-28(19,2)26(22)25(15-29(23,24)3)36-27(34)31-20-6-4-5-18(13-20)16-30-35/h4-8,13-14,16,22-26,35H,9-12,15H2,1-3H3,(H,31,34)/b30-16+/t22-,23+,24-,25-,26-,28+,29+/m0/s1. The number of fused-ring (bicyclic) bond motifs is 5. The van der Waals surface area contributed by atoms with Crippen LogP contribution in [0.1, 0.15) is 58.4 Å². The second kappa shape index (κ2) is 9.02. The highest BCUT2D eigenvalue weighted by Gasteiger charge is 2.63. The largest absolute Gasteiger partial charge is 0.446 e. The lowest BCUT2D eigenvalue weighted by Gasteiger charge is -2.58. The highest BCUT2D eigenvalue weighted by atomic mass is 16.6. The summed E-state index contributed by atoms with van der Waals surface area (Å²) >= 11 is 0. The predicted molar refractivity (Wildman–Crippen MR) is 136 cm³/mol. The molecule has 7 heteroatoms. The van der Waals surface area contributed by atoms with Crippen LogP contribution in [0.4, 0.5) is 10.5 Å². The Morgan fingerprint density at radius 3 is 2.81 bits per heavy atom. The molecule has 0 bridgehead atoms. The van der Waals surface area contributed by atoms with Crippen LogP contribution in [0.3, 0.4) is 0 Å². The minimum atomic E-state index is -0.549. The van der Waals surface area contributed by atoms with Crippen LogP contribution in [-0.2, 0) is 14.3 Å². The van der Waals surface area contributed by atoms with Gasteiger partial charge in [-0.3, -0.25) is 14.9 Å². The average molecular weight is 491 g/mol. The van der Waals surface area contributed by atoms with Crippen LogP contribution in [-0.4, -0.2) is 35.2 Å². The van der Waals surface area contributed by atoms with Crippen LogP contribution in [0, 0.1) is 34.5 Å².